The fourth-order valence-electron chi connectivity index (χ4n) is 1.34. The van der Waals surface area contributed by atoms with E-state index in [-0.39, 0.29) is 23.6 Å². The second kappa shape index (κ2) is 5.52. The molecular formula is C12H17NO4. The molecule has 0 aliphatic rings. The topological polar surface area (TPSA) is 61.6 Å². The van der Waals surface area contributed by atoms with Gasteiger partial charge in [-0.15, -0.1) is 0 Å². The Morgan fingerprint density at radius 2 is 1.71 bits per heavy atom. The lowest BCUT2D eigenvalue weighted by molar-refractivity contribution is -0.386. The van der Waals surface area contributed by atoms with Gasteiger partial charge in [-0.3, -0.25) is 10.1 Å². The number of nitrogens with zero attached hydrogens (tertiary/aromatic N) is 1. The molecule has 0 N–H and O–H groups in total. The minimum Gasteiger partial charge on any atom is -0.491 e. The number of nitro benzene ring substituents is 1. The Labute approximate surface area is 101 Å². The summed E-state index contributed by atoms with van der Waals surface area (Å²) in [5.41, 5.74) is -0.0724. The minimum atomic E-state index is -0.467. The van der Waals surface area contributed by atoms with Crippen molar-refractivity contribution in [2.24, 2.45) is 0 Å². The predicted octanol–water partition coefficient (Wildman–Crippen LogP) is 3.17. The van der Waals surface area contributed by atoms with E-state index < -0.39 is 4.92 Å². The van der Waals surface area contributed by atoms with Gasteiger partial charge in [-0.1, -0.05) is 0 Å². The zero-order valence-corrected chi connectivity index (χ0v) is 10.5. The van der Waals surface area contributed by atoms with Crippen LogP contribution in [0.2, 0.25) is 0 Å². The van der Waals surface area contributed by atoms with Crippen LogP contribution in [0.3, 0.4) is 0 Å². The highest BCUT2D eigenvalue weighted by Crippen LogP contribution is 2.32. The summed E-state index contributed by atoms with van der Waals surface area (Å²) < 4.78 is 10.8. The summed E-state index contributed by atoms with van der Waals surface area (Å²) in [6.45, 7) is 7.37. The fourth-order valence-corrected chi connectivity index (χ4v) is 1.34. The van der Waals surface area contributed by atoms with Gasteiger partial charge in [-0.05, 0) is 39.8 Å². The number of rotatable bonds is 5. The first-order valence-corrected chi connectivity index (χ1v) is 5.52. The second-order valence-corrected chi connectivity index (χ2v) is 4.22. The number of ether oxygens (including phenoxy) is 2. The highest BCUT2D eigenvalue weighted by atomic mass is 16.6. The first-order chi connectivity index (χ1) is 7.90. The van der Waals surface area contributed by atoms with Gasteiger partial charge in [-0.25, -0.2) is 0 Å². The predicted molar refractivity (Wildman–Crippen MR) is 64.6 cm³/mol. The summed E-state index contributed by atoms with van der Waals surface area (Å²) in [4.78, 5) is 10.4. The van der Waals surface area contributed by atoms with E-state index in [2.05, 4.69) is 0 Å². The molecule has 0 saturated heterocycles. The third-order valence-electron chi connectivity index (χ3n) is 1.86. The van der Waals surface area contributed by atoms with Crippen molar-refractivity contribution < 1.29 is 14.4 Å². The number of nitro groups is 1. The highest BCUT2D eigenvalue weighted by molar-refractivity contribution is 5.51. The Bertz CT molecular complexity index is 401. The van der Waals surface area contributed by atoms with Crippen molar-refractivity contribution in [1.29, 1.82) is 0 Å². The van der Waals surface area contributed by atoms with Crippen molar-refractivity contribution in [1.82, 2.24) is 0 Å². The summed E-state index contributed by atoms with van der Waals surface area (Å²) >= 11 is 0. The van der Waals surface area contributed by atoms with Crippen LogP contribution in [0.25, 0.3) is 0 Å². The molecule has 1 aromatic carbocycles. The van der Waals surface area contributed by atoms with Gasteiger partial charge in [0.1, 0.15) is 5.75 Å². The number of hydrogen-bond donors (Lipinski definition) is 0. The van der Waals surface area contributed by atoms with Crippen LogP contribution in [0.15, 0.2) is 18.2 Å². The van der Waals surface area contributed by atoms with Gasteiger partial charge in [0.05, 0.1) is 23.2 Å². The van der Waals surface area contributed by atoms with Crippen molar-refractivity contribution in [2.75, 3.05) is 0 Å². The molecule has 94 valence electrons. The Morgan fingerprint density at radius 3 is 2.18 bits per heavy atom. The van der Waals surface area contributed by atoms with E-state index in [4.69, 9.17) is 9.47 Å². The summed E-state index contributed by atoms with van der Waals surface area (Å²) in [6.07, 6.45) is -0.128. The maximum Gasteiger partial charge on any atom is 0.314 e. The van der Waals surface area contributed by atoms with E-state index in [1.165, 1.54) is 6.07 Å². The summed E-state index contributed by atoms with van der Waals surface area (Å²) in [5, 5.41) is 10.9. The largest absolute Gasteiger partial charge is 0.491 e. The molecule has 0 bridgehead atoms. The SMILES string of the molecule is CC(C)Oc1ccc(OC(C)C)c([N+](=O)[O-])c1. The normalized spacial score (nSPS) is 10.7. The number of benzene rings is 1. The Balaban J connectivity index is 3.04. The summed E-state index contributed by atoms with van der Waals surface area (Å²) in [6, 6.07) is 4.62. The monoisotopic (exact) mass is 239 g/mol. The lowest BCUT2D eigenvalue weighted by Gasteiger charge is -2.13. The molecule has 0 aliphatic carbocycles. The maximum atomic E-state index is 10.9. The maximum absolute atomic E-state index is 10.9. The molecular weight excluding hydrogens is 222 g/mol. The second-order valence-electron chi connectivity index (χ2n) is 4.22. The smallest absolute Gasteiger partial charge is 0.314 e. The number of hydrogen-bond acceptors (Lipinski definition) is 4. The van der Waals surface area contributed by atoms with Crippen LogP contribution in [-0.4, -0.2) is 17.1 Å². The molecule has 1 aromatic rings. The molecule has 0 aromatic heterocycles. The van der Waals surface area contributed by atoms with Crippen molar-refractivity contribution in [3.63, 3.8) is 0 Å². The standard InChI is InChI=1S/C12H17NO4/c1-8(2)16-10-5-6-12(17-9(3)4)11(7-10)13(14)15/h5-9H,1-4H3. The molecule has 0 aliphatic heterocycles. The van der Waals surface area contributed by atoms with Gasteiger partial charge in [-0.2, -0.15) is 0 Å². The molecule has 17 heavy (non-hydrogen) atoms. The van der Waals surface area contributed by atoms with Gasteiger partial charge < -0.3 is 9.47 Å². The lowest BCUT2D eigenvalue weighted by Crippen LogP contribution is -2.09. The van der Waals surface area contributed by atoms with Gasteiger partial charge in [0, 0.05) is 0 Å². The fraction of sp³-hybridized carbons (Fsp3) is 0.500. The van der Waals surface area contributed by atoms with E-state index >= 15 is 0 Å². The van der Waals surface area contributed by atoms with Crippen LogP contribution in [0.5, 0.6) is 11.5 Å². The lowest BCUT2D eigenvalue weighted by atomic mass is 10.2. The van der Waals surface area contributed by atoms with Crippen molar-refractivity contribution >= 4 is 5.69 Å². The molecule has 5 heteroatoms. The zero-order valence-electron chi connectivity index (χ0n) is 10.5. The van der Waals surface area contributed by atoms with E-state index in [0.29, 0.717) is 5.75 Å². The van der Waals surface area contributed by atoms with Crippen LogP contribution < -0.4 is 9.47 Å². The van der Waals surface area contributed by atoms with E-state index in [0.717, 1.165) is 0 Å². The molecule has 0 saturated carbocycles. The van der Waals surface area contributed by atoms with Crippen LogP contribution >= 0.6 is 0 Å². The van der Waals surface area contributed by atoms with E-state index in [1.54, 1.807) is 12.1 Å². The Morgan fingerprint density at radius 1 is 1.12 bits per heavy atom. The third kappa shape index (κ3) is 3.94. The minimum absolute atomic E-state index is 0.0218. The molecule has 0 radical (unpaired) electrons. The van der Waals surface area contributed by atoms with Crippen molar-refractivity contribution in [3.05, 3.63) is 28.3 Å². The Kier molecular flexibility index (Phi) is 4.31. The molecule has 0 heterocycles. The first kappa shape index (κ1) is 13.3. The molecule has 5 nitrogen and oxygen atoms in total. The highest BCUT2D eigenvalue weighted by Gasteiger charge is 2.17. The van der Waals surface area contributed by atoms with Crippen LogP contribution in [-0.2, 0) is 0 Å². The van der Waals surface area contributed by atoms with Crippen LogP contribution in [0.1, 0.15) is 27.7 Å². The third-order valence-corrected chi connectivity index (χ3v) is 1.86. The molecule has 1 rings (SSSR count). The molecule has 0 amide bonds. The van der Waals surface area contributed by atoms with E-state index in [1.807, 2.05) is 27.7 Å². The quantitative estimate of drug-likeness (QED) is 0.584. The van der Waals surface area contributed by atoms with Crippen LogP contribution in [0, 0.1) is 10.1 Å². The average Bonchev–Trinajstić information content (AvgIpc) is 2.18. The van der Waals surface area contributed by atoms with Crippen molar-refractivity contribution in [2.45, 2.75) is 39.9 Å². The average molecular weight is 239 g/mol. The molecule has 0 spiro atoms. The van der Waals surface area contributed by atoms with Crippen LogP contribution in [0.4, 0.5) is 5.69 Å². The van der Waals surface area contributed by atoms with Gasteiger partial charge in [0.15, 0.2) is 5.75 Å². The van der Waals surface area contributed by atoms with Gasteiger partial charge in [0.25, 0.3) is 0 Å². The molecule has 0 atom stereocenters. The van der Waals surface area contributed by atoms with E-state index in [9.17, 15) is 10.1 Å². The molecule has 0 unspecified atom stereocenters. The van der Waals surface area contributed by atoms with Gasteiger partial charge >= 0.3 is 5.69 Å². The summed E-state index contributed by atoms with van der Waals surface area (Å²) in [7, 11) is 0. The van der Waals surface area contributed by atoms with Crippen molar-refractivity contribution in [3.8, 4) is 11.5 Å². The first-order valence-electron chi connectivity index (χ1n) is 5.52. The summed E-state index contributed by atoms with van der Waals surface area (Å²) in [5.74, 6) is 0.740. The Hall–Kier alpha value is -1.78. The molecule has 0 fully saturated rings. The van der Waals surface area contributed by atoms with Gasteiger partial charge in [0.2, 0.25) is 0 Å². The zero-order chi connectivity index (χ0) is 13.0.